The number of rotatable bonds is 1. The number of para-hydroxylation sites is 1. The molecule has 0 aromatic heterocycles. The first-order valence-corrected chi connectivity index (χ1v) is 7.47. The van der Waals surface area contributed by atoms with Crippen LogP contribution in [0.2, 0.25) is 5.02 Å². The van der Waals surface area contributed by atoms with Crippen LogP contribution in [0.25, 0.3) is 0 Å². The molecule has 3 rings (SSSR count). The van der Waals surface area contributed by atoms with E-state index < -0.39 is 0 Å². The molecule has 0 N–H and O–H groups in total. The number of ketones is 1. The number of carbonyl (C=O) groups excluding carboxylic acids is 1. The number of halogens is 1. The molecule has 0 radical (unpaired) electrons. The van der Waals surface area contributed by atoms with E-state index in [2.05, 4.69) is 20.8 Å². The van der Waals surface area contributed by atoms with Gasteiger partial charge in [-0.1, -0.05) is 50.6 Å². The third kappa shape index (κ3) is 2.22. The molecule has 1 heterocycles. The van der Waals surface area contributed by atoms with Crippen molar-refractivity contribution in [3.05, 3.63) is 69.4 Å². The highest BCUT2D eigenvalue weighted by atomic mass is 35.5. The van der Waals surface area contributed by atoms with Crippen molar-refractivity contribution >= 4 is 28.8 Å². The van der Waals surface area contributed by atoms with Crippen molar-refractivity contribution in [2.75, 3.05) is 0 Å². The molecule has 3 nitrogen and oxygen atoms in total. The maximum Gasteiger partial charge on any atom is 0.272 e. The van der Waals surface area contributed by atoms with Crippen LogP contribution in [-0.4, -0.2) is 16.2 Å². The lowest BCUT2D eigenvalue weighted by molar-refractivity contribution is -0.355. The predicted molar refractivity (Wildman–Crippen MR) is 88.3 cm³/mol. The Bertz CT molecular complexity index is 799. The van der Waals surface area contributed by atoms with Gasteiger partial charge in [-0.05, 0) is 35.2 Å². The number of benzene rings is 2. The molecule has 0 atom stereocenters. The zero-order valence-electron chi connectivity index (χ0n) is 12.7. The fourth-order valence-corrected chi connectivity index (χ4v) is 2.86. The van der Waals surface area contributed by atoms with Crippen molar-refractivity contribution in [3.8, 4) is 0 Å². The van der Waals surface area contributed by atoms with Crippen molar-refractivity contribution in [1.29, 1.82) is 0 Å². The first-order chi connectivity index (χ1) is 10.3. The number of hydrogen-bond donors (Lipinski definition) is 0. The molecular weight excluding hydrogens is 298 g/mol. The molecule has 22 heavy (non-hydrogen) atoms. The van der Waals surface area contributed by atoms with E-state index in [4.69, 9.17) is 11.6 Å². The summed E-state index contributed by atoms with van der Waals surface area (Å²) in [5.74, 6) is -0.281. The molecule has 2 aromatic carbocycles. The maximum absolute atomic E-state index is 12.5. The maximum atomic E-state index is 12.5. The van der Waals surface area contributed by atoms with Crippen molar-refractivity contribution < 1.29 is 9.53 Å². The lowest BCUT2D eigenvalue weighted by Gasteiger charge is -2.18. The molecular formula is C18H16ClNO2. The first-order valence-electron chi connectivity index (χ1n) is 7.09. The van der Waals surface area contributed by atoms with Crippen LogP contribution in [0.3, 0.4) is 0 Å². The summed E-state index contributed by atoms with van der Waals surface area (Å²) < 4.78 is 0.645. The summed E-state index contributed by atoms with van der Waals surface area (Å²) in [4.78, 5) is 12.5. The Morgan fingerprint density at radius 1 is 1.05 bits per heavy atom. The summed E-state index contributed by atoms with van der Waals surface area (Å²) in [5.41, 5.74) is 2.51. The molecule has 0 aliphatic carbocycles. The van der Waals surface area contributed by atoms with E-state index in [0.717, 1.165) is 5.56 Å². The van der Waals surface area contributed by atoms with Gasteiger partial charge >= 0.3 is 0 Å². The largest absolute Gasteiger partial charge is 0.618 e. The van der Waals surface area contributed by atoms with Crippen LogP contribution in [0, 0.1) is 5.21 Å². The van der Waals surface area contributed by atoms with Crippen molar-refractivity contribution in [3.63, 3.8) is 0 Å². The third-order valence-electron chi connectivity index (χ3n) is 3.88. The quantitative estimate of drug-likeness (QED) is 0.576. The molecule has 2 aromatic rings. The highest BCUT2D eigenvalue weighted by molar-refractivity contribution is 6.53. The highest BCUT2D eigenvalue weighted by Crippen LogP contribution is 2.34. The number of hydrogen-bond acceptors (Lipinski definition) is 2. The minimum Gasteiger partial charge on any atom is -0.618 e. The van der Waals surface area contributed by atoms with E-state index >= 15 is 0 Å². The number of carbonyl (C=O) groups is 1. The molecule has 0 spiro atoms. The zero-order chi connectivity index (χ0) is 16.1. The van der Waals surface area contributed by atoms with Gasteiger partial charge in [-0.25, -0.2) is 0 Å². The SMILES string of the molecule is CC(C)(C)c1ccc(C2=[N+]([O-])c3c(Cl)cccc3C2=O)cc1. The molecule has 0 saturated heterocycles. The van der Waals surface area contributed by atoms with Crippen LogP contribution in [0.15, 0.2) is 42.5 Å². The van der Waals surface area contributed by atoms with Crippen molar-refractivity contribution in [2.24, 2.45) is 0 Å². The smallest absolute Gasteiger partial charge is 0.272 e. The van der Waals surface area contributed by atoms with Gasteiger partial charge in [-0.3, -0.25) is 4.79 Å². The standard InChI is InChI=1S/C18H16ClNO2/c1-18(2,3)12-9-7-11(8-10-12)15-17(21)13-5-4-6-14(19)16(13)20(15)22/h4-10H,1-3H3. The summed E-state index contributed by atoms with van der Waals surface area (Å²) in [7, 11) is 0. The third-order valence-corrected chi connectivity index (χ3v) is 4.18. The Balaban J connectivity index is 2.10. The molecule has 1 aliphatic rings. The van der Waals surface area contributed by atoms with Crippen molar-refractivity contribution in [2.45, 2.75) is 26.2 Å². The lowest BCUT2D eigenvalue weighted by atomic mass is 9.86. The van der Waals surface area contributed by atoms with Gasteiger partial charge in [0.1, 0.15) is 10.6 Å². The van der Waals surface area contributed by atoms with Crippen LogP contribution in [-0.2, 0) is 5.41 Å². The monoisotopic (exact) mass is 313 g/mol. The van der Waals surface area contributed by atoms with Crippen LogP contribution in [0.4, 0.5) is 5.69 Å². The van der Waals surface area contributed by atoms with Gasteiger partial charge in [0.15, 0.2) is 0 Å². The summed E-state index contributed by atoms with van der Waals surface area (Å²) >= 11 is 6.06. The van der Waals surface area contributed by atoms with Gasteiger partial charge in [0.25, 0.3) is 11.5 Å². The summed E-state index contributed by atoms with van der Waals surface area (Å²) in [6, 6.07) is 12.5. The average molecular weight is 314 g/mol. The minimum absolute atomic E-state index is 0.0201. The first kappa shape index (κ1) is 14.8. The fourth-order valence-electron chi connectivity index (χ4n) is 2.61. The number of Topliss-reactive ketones (excluding diaryl/α,β-unsaturated/α-hetero) is 1. The van der Waals surface area contributed by atoms with Crippen LogP contribution in [0.5, 0.6) is 0 Å². The summed E-state index contributed by atoms with van der Waals surface area (Å²) in [6.07, 6.45) is 0. The zero-order valence-corrected chi connectivity index (χ0v) is 13.4. The Kier molecular flexibility index (Phi) is 3.33. The number of nitrogens with zero attached hydrogens (tertiary/aromatic N) is 1. The normalized spacial score (nSPS) is 14.5. The second-order valence-electron chi connectivity index (χ2n) is 6.44. The van der Waals surface area contributed by atoms with Gasteiger partial charge in [0.2, 0.25) is 5.69 Å². The molecule has 0 bridgehead atoms. The second-order valence-corrected chi connectivity index (χ2v) is 6.84. The Morgan fingerprint density at radius 2 is 1.68 bits per heavy atom. The Hall–Kier alpha value is -2.13. The fraction of sp³-hybridized carbons (Fsp3) is 0.222. The van der Waals surface area contributed by atoms with Gasteiger partial charge < -0.3 is 5.21 Å². The molecule has 4 heteroatoms. The van der Waals surface area contributed by atoms with Gasteiger partial charge in [-0.2, -0.15) is 4.74 Å². The minimum atomic E-state index is -0.281. The van der Waals surface area contributed by atoms with Gasteiger partial charge in [0, 0.05) is 0 Å². The van der Waals surface area contributed by atoms with Crippen molar-refractivity contribution in [1.82, 2.24) is 0 Å². The lowest BCUT2D eigenvalue weighted by Crippen LogP contribution is -2.17. The highest BCUT2D eigenvalue weighted by Gasteiger charge is 2.38. The van der Waals surface area contributed by atoms with E-state index in [9.17, 15) is 10.0 Å². The molecule has 1 aliphatic heterocycles. The van der Waals surface area contributed by atoms with E-state index in [1.165, 1.54) is 0 Å². The number of fused-ring (bicyclic) bond motifs is 1. The van der Waals surface area contributed by atoms with Gasteiger partial charge in [0.05, 0.1) is 5.56 Å². The molecule has 0 saturated carbocycles. The summed E-state index contributed by atoms with van der Waals surface area (Å²) in [5, 5.41) is 12.8. The molecule has 112 valence electrons. The Morgan fingerprint density at radius 3 is 2.23 bits per heavy atom. The van der Waals surface area contributed by atoms with E-state index in [1.807, 2.05) is 24.3 Å². The topological polar surface area (TPSA) is 43.1 Å². The van der Waals surface area contributed by atoms with E-state index in [-0.39, 0.29) is 22.6 Å². The summed E-state index contributed by atoms with van der Waals surface area (Å²) in [6.45, 7) is 6.35. The Labute approximate surface area is 134 Å². The molecule has 0 fully saturated rings. The average Bonchev–Trinajstić information content (AvgIpc) is 2.71. The molecule has 0 amide bonds. The van der Waals surface area contributed by atoms with Gasteiger partial charge in [-0.15, -0.1) is 0 Å². The second kappa shape index (κ2) is 4.96. The van der Waals surface area contributed by atoms with Crippen LogP contribution >= 0.6 is 11.6 Å². The predicted octanol–water partition coefficient (Wildman–Crippen LogP) is 4.46. The van der Waals surface area contributed by atoms with E-state index in [1.54, 1.807) is 18.2 Å². The molecule has 0 unspecified atom stereocenters. The van der Waals surface area contributed by atoms with Crippen LogP contribution in [0.1, 0.15) is 42.3 Å². The van der Waals surface area contributed by atoms with Crippen LogP contribution < -0.4 is 0 Å². The van der Waals surface area contributed by atoms with E-state index in [0.29, 0.717) is 20.9 Å².